The van der Waals surface area contributed by atoms with Crippen LogP contribution in [0.3, 0.4) is 0 Å². The molecule has 212 valence electrons. The molecule has 1 N–H and O–H groups in total. The van der Waals surface area contributed by atoms with E-state index in [4.69, 9.17) is 9.47 Å². The largest absolute Gasteiger partial charge is 0.490 e. The third-order valence-electron chi connectivity index (χ3n) is 6.65. The number of benzene rings is 2. The molecule has 5 heteroatoms. The SMILES string of the molecule is CCCCCCCCCCCCC(COc1ccc([I+]c2ccccc2)cc1)OC(=O)NCCCCCC. The van der Waals surface area contributed by atoms with E-state index in [1.54, 1.807) is 0 Å². The highest BCUT2D eigenvalue weighted by molar-refractivity contribution is 5.67. The summed E-state index contributed by atoms with van der Waals surface area (Å²) in [6.07, 6.45) is 17.8. The number of alkyl carbamates (subject to hydrolysis) is 1. The van der Waals surface area contributed by atoms with E-state index in [9.17, 15) is 4.79 Å². The minimum absolute atomic E-state index is 0.183. The van der Waals surface area contributed by atoms with Crippen LogP contribution < -0.4 is 31.3 Å². The number of hydrogen-bond acceptors (Lipinski definition) is 3. The van der Waals surface area contributed by atoms with Crippen LogP contribution in [0, 0.1) is 7.14 Å². The van der Waals surface area contributed by atoms with Gasteiger partial charge >= 0.3 is 27.3 Å². The van der Waals surface area contributed by atoms with Gasteiger partial charge in [-0.2, -0.15) is 0 Å². The molecule has 38 heavy (non-hydrogen) atoms. The van der Waals surface area contributed by atoms with Crippen molar-refractivity contribution >= 4 is 6.09 Å². The van der Waals surface area contributed by atoms with Crippen LogP contribution >= 0.6 is 0 Å². The average molecular weight is 637 g/mol. The summed E-state index contributed by atoms with van der Waals surface area (Å²) < 4.78 is 14.6. The van der Waals surface area contributed by atoms with E-state index in [2.05, 4.69) is 61.6 Å². The van der Waals surface area contributed by atoms with Gasteiger partial charge in [-0.15, -0.1) is 0 Å². The highest BCUT2D eigenvalue weighted by atomic mass is 127. The number of hydrogen-bond donors (Lipinski definition) is 1. The number of carbonyl (C=O) groups is 1. The fraction of sp³-hybridized carbons (Fsp3) is 0.606. The molecule has 1 unspecified atom stereocenters. The van der Waals surface area contributed by atoms with Crippen molar-refractivity contribution in [2.45, 2.75) is 116 Å². The molecule has 0 saturated carbocycles. The molecule has 4 nitrogen and oxygen atoms in total. The third-order valence-corrected chi connectivity index (χ3v) is 9.34. The summed E-state index contributed by atoms with van der Waals surface area (Å²) >= 11 is -0.183. The topological polar surface area (TPSA) is 47.6 Å². The van der Waals surface area contributed by atoms with Crippen LogP contribution in [0.25, 0.3) is 0 Å². The molecule has 0 bridgehead atoms. The molecule has 0 aliphatic rings. The summed E-state index contributed by atoms with van der Waals surface area (Å²) in [7, 11) is 0. The fourth-order valence-corrected chi connectivity index (χ4v) is 6.57. The van der Waals surface area contributed by atoms with Gasteiger partial charge in [0.15, 0.2) is 7.14 Å². The highest BCUT2D eigenvalue weighted by Crippen LogP contribution is 2.15. The van der Waals surface area contributed by atoms with E-state index in [1.165, 1.54) is 77.8 Å². The lowest BCUT2D eigenvalue weighted by Crippen LogP contribution is -3.61. The van der Waals surface area contributed by atoms with Crippen molar-refractivity contribution in [3.63, 3.8) is 0 Å². The van der Waals surface area contributed by atoms with Crippen molar-refractivity contribution in [3.05, 3.63) is 61.7 Å². The Hall–Kier alpha value is -1.76. The molecule has 0 spiro atoms. The molecule has 0 fully saturated rings. The van der Waals surface area contributed by atoms with Gasteiger partial charge in [0.25, 0.3) is 0 Å². The minimum atomic E-state index is -0.315. The van der Waals surface area contributed by atoms with Gasteiger partial charge in [-0.05, 0) is 55.7 Å². The maximum absolute atomic E-state index is 12.4. The number of amides is 1. The number of halogens is 1. The van der Waals surface area contributed by atoms with Gasteiger partial charge in [-0.3, -0.25) is 0 Å². The minimum Gasteiger partial charge on any atom is -0.490 e. The van der Waals surface area contributed by atoms with Gasteiger partial charge in [0.2, 0.25) is 0 Å². The van der Waals surface area contributed by atoms with Crippen molar-refractivity contribution in [2.24, 2.45) is 0 Å². The molecule has 2 aromatic carbocycles. The molecule has 0 saturated heterocycles. The first kappa shape index (κ1) is 32.5. The Labute approximate surface area is 242 Å². The quantitative estimate of drug-likeness (QED) is 0.124. The van der Waals surface area contributed by atoms with E-state index in [0.717, 1.165) is 31.4 Å². The van der Waals surface area contributed by atoms with Crippen molar-refractivity contribution in [1.82, 2.24) is 5.32 Å². The van der Waals surface area contributed by atoms with Crippen molar-refractivity contribution in [2.75, 3.05) is 13.2 Å². The van der Waals surface area contributed by atoms with Crippen molar-refractivity contribution in [1.29, 1.82) is 0 Å². The maximum Gasteiger partial charge on any atom is 0.407 e. The molecule has 0 aliphatic heterocycles. The number of unbranched alkanes of at least 4 members (excludes halogenated alkanes) is 12. The normalized spacial score (nSPS) is 11.7. The van der Waals surface area contributed by atoms with E-state index in [1.807, 2.05) is 12.1 Å². The molecular formula is C33H51INO3+. The van der Waals surface area contributed by atoms with Gasteiger partial charge in [-0.1, -0.05) is 109 Å². The van der Waals surface area contributed by atoms with Crippen molar-refractivity contribution in [3.8, 4) is 5.75 Å². The Morgan fingerprint density at radius 3 is 1.89 bits per heavy atom. The second-order valence-electron chi connectivity index (χ2n) is 10.1. The predicted octanol–water partition coefficient (Wildman–Crippen LogP) is 6.18. The van der Waals surface area contributed by atoms with Gasteiger partial charge in [0.1, 0.15) is 18.5 Å². The van der Waals surface area contributed by atoms with E-state index >= 15 is 0 Å². The standard InChI is InChI=1S/C33H50INO3/c1-3-5-7-9-10-11-12-13-14-18-22-32(38-33(36)35-27-19-8-6-4-2)28-37-31-25-23-30(24-26-31)34-29-20-16-15-17-21-29/h15-17,20-21,23-26,32H,3-14,18-19,22,27-28H2,1-2H3/p+1. The lowest BCUT2D eigenvalue weighted by atomic mass is 10.0. The summed E-state index contributed by atoms with van der Waals surface area (Å²) in [5.41, 5.74) is 0. The predicted molar refractivity (Wildman–Crippen MR) is 155 cm³/mol. The fourth-order valence-electron chi connectivity index (χ4n) is 4.36. The maximum atomic E-state index is 12.4. The lowest BCUT2D eigenvalue weighted by molar-refractivity contribution is -0.597. The zero-order chi connectivity index (χ0) is 27.1. The number of nitrogens with one attached hydrogen (secondary N) is 1. The number of rotatable bonds is 22. The van der Waals surface area contributed by atoms with Gasteiger partial charge in [-0.25, -0.2) is 4.79 Å². The Bertz CT molecular complexity index is 828. The van der Waals surface area contributed by atoms with Crippen LogP contribution in [0.4, 0.5) is 4.79 Å². The summed E-state index contributed by atoms with van der Waals surface area (Å²) in [6, 6.07) is 19.1. The summed E-state index contributed by atoms with van der Waals surface area (Å²) in [4.78, 5) is 12.4. The number of carbonyl (C=O) groups excluding carboxylic acids is 1. The van der Waals surface area contributed by atoms with E-state index in [0.29, 0.717) is 13.2 Å². The summed E-state index contributed by atoms with van der Waals surface area (Å²) in [5, 5.41) is 2.93. The molecule has 1 atom stereocenters. The molecule has 2 aromatic rings. The van der Waals surface area contributed by atoms with Crippen LogP contribution in [-0.4, -0.2) is 25.3 Å². The molecule has 0 aromatic heterocycles. The highest BCUT2D eigenvalue weighted by Gasteiger charge is 2.17. The molecular weight excluding hydrogens is 585 g/mol. The average Bonchev–Trinajstić information content (AvgIpc) is 2.94. The Morgan fingerprint density at radius 2 is 1.26 bits per heavy atom. The smallest absolute Gasteiger partial charge is 0.407 e. The molecule has 0 heterocycles. The van der Waals surface area contributed by atoms with Crippen LogP contribution in [0.15, 0.2) is 54.6 Å². The van der Waals surface area contributed by atoms with Crippen LogP contribution in [0.5, 0.6) is 5.75 Å². The second-order valence-corrected chi connectivity index (χ2v) is 13.2. The monoisotopic (exact) mass is 636 g/mol. The summed E-state index contributed by atoms with van der Waals surface area (Å²) in [5.74, 6) is 0.836. The Kier molecular flexibility index (Phi) is 18.9. The van der Waals surface area contributed by atoms with Crippen LogP contribution in [-0.2, 0) is 4.74 Å². The van der Waals surface area contributed by atoms with Crippen LogP contribution in [0.1, 0.15) is 110 Å². The van der Waals surface area contributed by atoms with Gasteiger partial charge < -0.3 is 14.8 Å². The first-order valence-electron chi connectivity index (χ1n) is 15.1. The molecule has 0 radical (unpaired) electrons. The molecule has 1 amide bonds. The van der Waals surface area contributed by atoms with E-state index < -0.39 is 0 Å². The van der Waals surface area contributed by atoms with E-state index in [-0.39, 0.29) is 33.4 Å². The molecule has 0 aliphatic carbocycles. The number of ether oxygens (including phenoxy) is 2. The molecule has 2 rings (SSSR count). The van der Waals surface area contributed by atoms with Crippen molar-refractivity contribution < 1.29 is 35.5 Å². The van der Waals surface area contributed by atoms with Crippen LogP contribution in [0.2, 0.25) is 0 Å². The van der Waals surface area contributed by atoms with Gasteiger partial charge in [0, 0.05) is 6.54 Å². The zero-order valence-electron chi connectivity index (χ0n) is 23.9. The summed E-state index contributed by atoms with van der Waals surface area (Å²) in [6.45, 7) is 5.53. The first-order valence-corrected chi connectivity index (χ1v) is 17.2. The Balaban J connectivity index is 1.74. The first-order chi connectivity index (χ1) is 18.7. The Morgan fingerprint density at radius 1 is 0.711 bits per heavy atom. The van der Waals surface area contributed by atoms with Gasteiger partial charge in [0.05, 0.1) is 0 Å². The zero-order valence-corrected chi connectivity index (χ0v) is 26.1. The second kappa shape index (κ2) is 22.1. The lowest BCUT2D eigenvalue weighted by Gasteiger charge is -2.19. The third kappa shape index (κ3) is 16.3.